The molecule has 0 radical (unpaired) electrons. The molecule has 108 valence electrons. The maximum absolute atomic E-state index is 11.8. The van der Waals surface area contributed by atoms with Gasteiger partial charge in [-0.25, -0.2) is 13.2 Å². The number of halogens is 1. The van der Waals surface area contributed by atoms with Crippen LogP contribution in [-0.2, 0) is 25.6 Å². The van der Waals surface area contributed by atoms with Crippen LogP contribution in [0.4, 0.5) is 0 Å². The highest BCUT2D eigenvalue weighted by Gasteiger charge is 2.20. The molecular formula is C11H16ClNO5S. The van der Waals surface area contributed by atoms with Crippen molar-refractivity contribution in [1.82, 2.24) is 4.57 Å². The lowest BCUT2D eigenvalue weighted by Crippen LogP contribution is -2.21. The van der Waals surface area contributed by atoms with Gasteiger partial charge in [-0.15, -0.1) is 0 Å². The Bertz CT molecular complexity index is 551. The van der Waals surface area contributed by atoms with E-state index in [0.29, 0.717) is 6.61 Å². The van der Waals surface area contributed by atoms with Gasteiger partial charge in [0.25, 0.3) is 9.05 Å². The first kappa shape index (κ1) is 16.0. The summed E-state index contributed by atoms with van der Waals surface area (Å²) in [6, 6.07) is 1.18. The third-order valence-corrected chi connectivity index (χ3v) is 3.66. The summed E-state index contributed by atoms with van der Waals surface area (Å²) in [5.41, 5.74) is 0.113. The van der Waals surface area contributed by atoms with Crippen LogP contribution in [-0.4, -0.2) is 38.3 Å². The number of carbonyl (C=O) groups is 1. The minimum absolute atomic E-state index is 0.113. The quantitative estimate of drug-likeness (QED) is 0.588. The van der Waals surface area contributed by atoms with Gasteiger partial charge >= 0.3 is 5.97 Å². The van der Waals surface area contributed by atoms with Crippen molar-refractivity contribution in [2.24, 2.45) is 7.05 Å². The van der Waals surface area contributed by atoms with E-state index in [1.807, 2.05) is 6.92 Å². The topological polar surface area (TPSA) is 74.6 Å². The summed E-state index contributed by atoms with van der Waals surface area (Å²) in [5, 5.41) is 0. The van der Waals surface area contributed by atoms with E-state index in [1.54, 1.807) is 6.92 Å². The van der Waals surface area contributed by atoms with Crippen molar-refractivity contribution in [2.45, 2.75) is 24.8 Å². The van der Waals surface area contributed by atoms with E-state index < -0.39 is 21.1 Å². The first-order valence-corrected chi connectivity index (χ1v) is 7.96. The van der Waals surface area contributed by atoms with Crippen LogP contribution in [0, 0.1) is 0 Å². The van der Waals surface area contributed by atoms with Crippen molar-refractivity contribution in [3.63, 3.8) is 0 Å². The summed E-state index contributed by atoms with van der Waals surface area (Å²) in [5.74, 6) is -0.624. The Morgan fingerprint density at radius 3 is 2.63 bits per heavy atom. The fourth-order valence-electron chi connectivity index (χ4n) is 1.43. The van der Waals surface area contributed by atoms with Crippen molar-refractivity contribution in [3.8, 4) is 0 Å². The molecule has 0 aromatic carbocycles. The molecule has 1 unspecified atom stereocenters. The fraction of sp³-hybridized carbons (Fsp3) is 0.545. The van der Waals surface area contributed by atoms with Crippen LogP contribution >= 0.6 is 10.7 Å². The summed E-state index contributed by atoms with van der Waals surface area (Å²) in [7, 11) is 2.88. The van der Waals surface area contributed by atoms with Gasteiger partial charge in [0.05, 0.1) is 6.61 Å². The minimum atomic E-state index is -3.86. The lowest BCUT2D eigenvalue weighted by atomic mass is 10.4. The molecule has 0 aliphatic heterocycles. The third-order valence-electron chi connectivity index (χ3n) is 2.34. The van der Waals surface area contributed by atoms with Gasteiger partial charge in [-0.3, -0.25) is 0 Å². The monoisotopic (exact) mass is 309 g/mol. The van der Waals surface area contributed by atoms with Gasteiger partial charge in [0.15, 0.2) is 0 Å². The SMILES string of the molecule is CCOCC(C)OC(=O)c1cc(S(=O)(=O)Cl)cn1C. The summed E-state index contributed by atoms with van der Waals surface area (Å²) >= 11 is 0. The fourth-order valence-corrected chi connectivity index (χ4v) is 2.22. The molecule has 0 bridgehead atoms. The number of esters is 1. The molecule has 0 saturated carbocycles. The molecule has 0 spiro atoms. The molecule has 6 nitrogen and oxygen atoms in total. The van der Waals surface area contributed by atoms with Crippen molar-refractivity contribution < 1.29 is 22.7 Å². The standard InChI is InChI=1S/C11H16ClNO5S/c1-4-17-7-8(2)18-11(14)10-5-9(6-13(10)3)19(12,15)16/h5-6,8H,4,7H2,1-3H3. The molecule has 0 amide bonds. The van der Waals surface area contributed by atoms with E-state index in [9.17, 15) is 13.2 Å². The van der Waals surface area contributed by atoms with E-state index in [-0.39, 0.29) is 17.2 Å². The zero-order valence-electron chi connectivity index (χ0n) is 10.9. The summed E-state index contributed by atoms with van der Waals surface area (Å²) in [6.45, 7) is 4.34. The van der Waals surface area contributed by atoms with E-state index in [0.717, 1.165) is 0 Å². The highest BCUT2D eigenvalue weighted by atomic mass is 35.7. The number of hydrogen-bond donors (Lipinski definition) is 0. The van der Waals surface area contributed by atoms with Gasteiger partial charge in [0.1, 0.15) is 16.7 Å². The molecule has 1 aromatic rings. The van der Waals surface area contributed by atoms with Crippen molar-refractivity contribution in [2.75, 3.05) is 13.2 Å². The number of rotatable bonds is 6. The van der Waals surface area contributed by atoms with E-state index in [2.05, 4.69) is 0 Å². The number of nitrogens with zero attached hydrogens (tertiary/aromatic N) is 1. The summed E-state index contributed by atoms with van der Waals surface area (Å²) in [4.78, 5) is 11.7. The second kappa shape index (κ2) is 6.40. The van der Waals surface area contributed by atoms with Gasteiger partial charge in [0, 0.05) is 30.5 Å². The minimum Gasteiger partial charge on any atom is -0.456 e. The third kappa shape index (κ3) is 4.52. The molecule has 1 aromatic heterocycles. The predicted molar refractivity (Wildman–Crippen MR) is 69.8 cm³/mol. The largest absolute Gasteiger partial charge is 0.456 e. The lowest BCUT2D eigenvalue weighted by Gasteiger charge is -2.13. The Kier molecular flexibility index (Phi) is 5.39. The molecule has 0 saturated heterocycles. The Labute approximate surface area is 116 Å². The molecule has 1 rings (SSSR count). The average molecular weight is 310 g/mol. The van der Waals surface area contributed by atoms with E-state index in [4.69, 9.17) is 20.2 Å². The normalized spacial score (nSPS) is 13.3. The second-order valence-electron chi connectivity index (χ2n) is 3.99. The van der Waals surface area contributed by atoms with Gasteiger partial charge in [-0.2, -0.15) is 0 Å². The second-order valence-corrected chi connectivity index (χ2v) is 6.55. The summed E-state index contributed by atoms with van der Waals surface area (Å²) in [6.07, 6.45) is 0.838. The Hall–Kier alpha value is -1.05. The zero-order chi connectivity index (χ0) is 14.6. The molecule has 8 heteroatoms. The highest BCUT2D eigenvalue weighted by molar-refractivity contribution is 8.13. The molecule has 19 heavy (non-hydrogen) atoms. The molecular weight excluding hydrogens is 294 g/mol. The lowest BCUT2D eigenvalue weighted by molar-refractivity contribution is 0.00356. The molecule has 0 fully saturated rings. The van der Waals surface area contributed by atoms with E-state index in [1.165, 1.54) is 23.9 Å². The Morgan fingerprint density at radius 2 is 2.16 bits per heavy atom. The van der Waals surface area contributed by atoms with Crippen molar-refractivity contribution in [3.05, 3.63) is 18.0 Å². The van der Waals surface area contributed by atoms with Crippen LogP contribution in [0.1, 0.15) is 24.3 Å². The van der Waals surface area contributed by atoms with Crippen LogP contribution in [0.3, 0.4) is 0 Å². The van der Waals surface area contributed by atoms with Gasteiger partial charge in [0.2, 0.25) is 0 Å². The first-order chi connectivity index (χ1) is 8.75. The zero-order valence-corrected chi connectivity index (χ0v) is 12.5. The molecule has 0 aliphatic rings. The van der Waals surface area contributed by atoms with Crippen molar-refractivity contribution in [1.29, 1.82) is 0 Å². The predicted octanol–water partition coefficient (Wildman–Crippen LogP) is 1.53. The number of aromatic nitrogens is 1. The number of carbonyl (C=O) groups excluding carboxylic acids is 1. The van der Waals surface area contributed by atoms with Crippen LogP contribution in [0.25, 0.3) is 0 Å². The average Bonchev–Trinajstić information content (AvgIpc) is 2.68. The Balaban J connectivity index is 2.81. The smallest absolute Gasteiger partial charge is 0.355 e. The number of hydrogen-bond acceptors (Lipinski definition) is 5. The van der Waals surface area contributed by atoms with E-state index >= 15 is 0 Å². The maximum atomic E-state index is 11.8. The van der Waals surface area contributed by atoms with Gasteiger partial charge in [-0.05, 0) is 19.9 Å². The van der Waals surface area contributed by atoms with Crippen LogP contribution in [0.2, 0.25) is 0 Å². The molecule has 1 heterocycles. The summed E-state index contributed by atoms with van der Waals surface area (Å²) < 4.78 is 33.9. The maximum Gasteiger partial charge on any atom is 0.355 e. The van der Waals surface area contributed by atoms with Crippen LogP contribution < -0.4 is 0 Å². The molecule has 0 aliphatic carbocycles. The van der Waals surface area contributed by atoms with Crippen LogP contribution in [0.15, 0.2) is 17.2 Å². The Morgan fingerprint density at radius 1 is 1.53 bits per heavy atom. The highest BCUT2D eigenvalue weighted by Crippen LogP contribution is 2.18. The molecule has 1 atom stereocenters. The number of ether oxygens (including phenoxy) is 2. The van der Waals surface area contributed by atoms with Crippen molar-refractivity contribution >= 4 is 25.7 Å². The first-order valence-electron chi connectivity index (χ1n) is 5.65. The van der Waals surface area contributed by atoms with Gasteiger partial charge < -0.3 is 14.0 Å². The molecule has 0 N–H and O–H groups in total. The number of aryl methyl sites for hydroxylation is 1. The van der Waals surface area contributed by atoms with Crippen LogP contribution in [0.5, 0.6) is 0 Å². The van der Waals surface area contributed by atoms with Gasteiger partial charge in [-0.1, -0.05) is 0 Å².